The molecular formula is C11H13F2N. The number of halogens is 2. The van der Waals surface area contributed by atoms with Gasteiger partial charge in [0.25, 0.3) is 5.92 Å². The molecular weight excluding hydrogens is 184 g/mol. The SMILES string of the molecule is CN(C)c1ccc(C2CC2(F)F)cc1. The molecule has 0 heterocycles. The Morgan fingerprint density at radius 3 is 2.07 bits per heavy atom. The molecule has 1 aromatic rings. The van der Waals surface area contributed by atoms with Crippen molar-refractivity contribution >= 4 is 5.69 Å². The van der Waals surface area contributed by atoms with Gasteiger partial charge in [0.2, 0.25) is 0 Å². The Balaban J connectivity index is 2.16. The minimum atomic E-state index is -2.46. The third kappa shape index (κ3) is 1.59. The third-order valence-corrected chi connectivity index (χ3v) is 2.64. The molecule has 1 aliphatic rings. The molecule has 1 unspecified atom stereocenters. The zero-order chi connectivity index (χ0) is 10.3. The summed E-state index contributed by atoms with van der Waals surface area (Å²) in [5, 5.41) is 0. The monoisotopic (exact) mass is 197 g/mol. The Hall–Kier alpha value is -1.12. The molecule has 1 fully saturated rings. The number of benzene rings is 1. The van der Waals surface area contributed by atoms with Crippen LogP contribution in [0.25, 0.3) is 0 Å². The summed E-state index contributed by atoms with van der Waals surface area (Å²) in [6, 6.07) is 7.34. The highest BCUT2D eigenvalue weighted by Crippen LogP contribution is 2.55. The second-order valence-electron chi connectivity index (χ2n) is 4.00. The molecule has 3 heteroatoms. The first-order valence-corrected chi connectivity index (χ1v) is 4.66. The first-order chi connectivity index (χ1) is 6.50. The maximum atomic E-state index is 12.7. The summed E-state index contributed by atoms with van der Waals surface area (Å²) in [7, 11) is 3.86. The van der Waals surface area contributed by atoms with Gasteiger partial charge in [-0.2, -0.15) is 0 Å². The summed E-state index contributed by atoms with van der Waals surface area (Å²) in [5.74, 6) is -3.00. The molecule has 76 valence electrons. The summed E-state index contributed by atoms with van der Waals surface area (Å²) in [4.78, 5) is 1.95. The van der Waals surface area contributed by atoms with E-state index in [-0.39, 0.29) is 6.42 Å². The first kappa shape index (κ1) is 9.44. The van der Waals surface area contributed by atoms with E-state index < -0.39 is 11.8 Å². The van der Waals surface area contributed by atoms with E-state index in [1.165, 1.54) is 0 Å². The summed E-state index contributed by atoms with van der Waals surface area (Å²) in [5.41, 5.74) is 1.79. The first-order valence-electron chi connectivity index (χ1n) is 4.66. The smallest absolute Gasteiger partial charge is 0.255 e. The lowest BCUT2D eigenvalue weighted by Crippen LogP contribution is -2.08. The Labute approximate surface area is 82.3 Å². The van der Waals surface area contributed by atoms with Gasteiger partial charge >= 0.3 is 0 Å². The van der Waals surface area contributed by atoms with E-state index in [4.69, 9.17) is 0 Å². The predicted molar refractivity (Wildman–Crippen MR) is 53.1 cm³/mol. The molecule has 0 spiro atoms. The molecule has 0 aromatic heterocycles. The average molecular weight is 197 g/mol. The molecule has 0 amide bonds. The minimum absolute atomic E-state index is 0.00824. The van der Waals surface area contributed by atoms with Crippen LogP contribution >= 0.6 is 0 Å². The Bertz CT molecular complexity index is 330. The molecule has 1 nitrogen and oxygen atoms in total. The van der Waals surface area contributed by atoms with Crippen molar-refractivity contribution in [2.75, 3.05) is 19.0 Å². The number of hydrogen-bond acceptors (Lipinski definition) is 1. The van der Waals surface area contributed by atoms with E-state index in [1.54, 1.807) is 12.1 Å². The van der Waals surface area contributed by atoms with Crippen molar-refractivity contribution in [2.45, 2.75) is 18.3 Å². The summed E-state index contributed by atoms with van der Waals surface area (Å²) in [6.07, 6.45) is 0.00824. The molecule has 1 atom stereocenters. The minimum Gasteiger partial charge on any atom is -0.378 e. The highest BCUT2D eigenvalue weighted by atomic mass is 19.3. The van der Waals surface area contributed by atoms with Crippen LogP contribution in [0.2, 0.25) is 0 Å². The molecule has 14 heavy (non-hydrogen) atoms. The van der Waals surface area contributed by atoms with E-state index >= 15 is 0 Å². The fraction of sp³-hybridized carbons (Fsp3) is 0.455. The lowest BCUT2D eigenvalue weighted by molar-refractivity contribution is 0.112. The Morgan fingerprint density at radius 2 is 1.71 bits per heavy atom. The van der Waals surface area contributed by atoms with Gasteiger partial charge in [-0.3, -0.25) is 0 Å². The highest BCUT2D eigenvalue weighted by molar-refractivity contribution is 5.47. The number of anilines is 1. The Kier molecular flexibility index (Phi) is 1.98. The normalized spacial score (nSPS) is 23.3. The maximum Gasteiger partial charge on any atom is 0.255 e. The highest BCUT2D eigenvalue weighted by Gasteiger charge is 2.57. The molecule has 1 aromatic carbocycles. The number of hydrogen-bond donors (Lipinski definition) is 0. The van der Waals surface area contributed by atoms with Gasteiger partial charge in [0.1, 0.15) is 0 Å². The second kappa shape index (κ2) is 2.94. The van der Waals surface area contributed by atoms with Gasteiger partial charge < -0.3 is 4.90 Å². The van der Waals surface area contributed by atoms with Crippen LogP contribution in [-0.2, 0) is 0 Å². The lowest BCUT2D eigenvalue weighted by atomic mass is 10.1. The molecule has 0 radical (unpaired) electrons. The Morgan fingerprint density at radius 1 is 1.21 bits per heavy atom. The predicted octanol–water partition coefficient (Wildman–Crippen LogP) is 2.88. The van der Waals surface area contributed by atoms with E-state index in [2.05, 4.69) is 0 Å². The molecule has 0 N–H and O–H groups in total. The maximum absolute atomic E-state index is 12.7. The van der Waals surface area contributed by atoms with Gasteiger partial charge in [0, 0.05) is 26.2 Å². The third-order valence-electron chi connectivity index (χ3n) is 2.64. The van der Waals surface area contributed by atoms with Crippen molar-refractivity contribution in [2.24, 2.45) is 0 Å². The fourth-order valence-corrected chi connectivity index (χ4v) is 1.58. The number of rotatable bonds is 2. The van der Waals surface area contributed by atoms with Gasteiger partial charge in [-0.1, -0.05) is 12.1 Å². The second-order valence-corrected chi connectivity index (χ2v) is 4.00. The number of nitrogens with zero attached hydrogens (tertiary/aromatic N) is 1. The topological polar surface area (TPSA) is 3.24 Å². The van der Waals surface area contributed by atoms with Crippen LogP contribution in [0.5, 0.6) is 0 Å². The molecule has 0 aliphatic heterocycles. The van der Waals surface area contributed by atoms with Crippen molar-refractivity contribution in [3.05, 3.63) is 29.8 Å². The molecule has 1 aliphatic carbocycles. The lowest BCUT2D eigenvalue weighted by Gasteiger charge is -2.12. The number of alkyl halides is 2. The fourth-order valence-electron chi connectivity index (χ4n) is 1.58. The van der Waals surface area contributed by atoms with Crippen LogP contribution in [0.3, 0.4) is 0 Å². The quantitative estimate of drug-likeness (QED) is 0.704. The van der Waals surface area contributed by atoms with Gasteiger partial charge in [0.15, 0.2) is 0 Å². The van der Waals surface area contributed by atoms with E-state index in [0.29, 0.717) is 0 Å². The zero-order valence-corrected chi connectivity index (χ0v) is 8.30. The van der Waals surface area contributed by atoms with E-state index in [9.17, 15) is 8.78 Å². The molecule has 1 saturated carbocycles. The molecule has 2 rings (SSSR count). The zero-order valence-electron chi connectivity index (χ0n) is 8.30. The molecule has 0 bridgehead atoms. The van der Waals surface area contributed by atoms with Gasteiger partial charge in [-0.15, -0.1) is 0 Å². The summed E-state index contributed by atoms with van der Waals surface area (Å²) in [6.45, 7) is 0. The van der Waals surface area contributed by atoms with Gasteiger partial charge in [0.05, 0.1) is 5.92 Å². The van der Waals surface area contributed by atoms with Crippen molar-refractivity contribution in [3.63, 3.8) is 0 Å². The van der Waals surface area contributed by atoms with Crippen LogP contribution in [-0.4, -0.2) is 20.0 Å². The van der Waals surface area contributed by atoms with Crippen LogP contribution < -0.4 is 4.90 Å². The van der Waals surface area contributed by atoms with Crippen LogP contribution in [0.1, 0.15) is 17.9 Å². The average Bonchev–Trinajstić information content (AvgIpc) is 2.75. The van der Waals surface area contributed by atoms with Crippen LogP contribution in [0, 0.1) is 0 Å². The van der Waals surface area contributed by atoms with Gasteiger partial charge in [-0.05, 0) is 17.7 Å². The standard InChI is InChI=1S/C11H13F2N/c1-14(2)9-5-3-8(4-6-9)10-7-11(10,12)13/h3-6,10H,7H2,1-2H3. The van der Waals surface area contributed by atoms with Crippen LogP contribution in [0.4, 0.5) is 14.5 Å². The van der Waals surface area contributed by atoms with Crippen molar-refractivity contribution in [1.29, 1.82) is 0 Å². The summed E-state index contributed by atoms with van der Waals surface area (Å²) < 4.78 is 25.5. The van der Waals surface area contributed by atoms with Crippen molar-refractivity contribution in [1.82, 2.24) is 0 Å². The van der Waals surface area contributed by atoms with Gasteiger partial charge in [-0.25, -0.2) is 8.78 Å². The van der Waals surface area contributed by atoms with E-state index in [1.807, 2.05) is 31.1 Å². The van der Waals surface area contributed by atoms with E-state index in [0.717, 1.165) is 11.3 Å². The summed E-state index contributed by atoms with van der Waals surface area (Å²) >= 11 is 0. The van der Waals surface area contributed by atoms with Crippen molar-refractivity contribution < 1.29 is 8.78 Å². The molecule has 0 saturated heterocycles. The van der Waals surface area contributed by atoms with Crippen LogP contribution in [0.15, 0.2) is 24.3 Å². The largest absolute Gasteiger partial charge is 0.378 e. The van der Waals surface area contributed by atoms with Crippen molar-refractivity contribution in [3.8, 4) is 0 Å².